The molecule has 1 aliphatic rings. The van der Waals surface area contributed by atoms with Crippen LogP contribution in [0.1, 0.15) is 69.5 Å². The average Bonchev–Trinajstić information content (AvgIpc) is 2.80. The number of thiazole rings is 1. The van der Waals surface area contributed by atoms with Crippen LogP contribution >= 0.6 is 11.3 Å². The molecule has 20 heavy (non-hydrogen) atoms. The summed E-state index contributed by atoms with van der Waals surface area (Å²) in [5.41, 5.74) is 1.07. The van der Waals surface area contributed by atoms with Crippen molar-refractivity contribution in [3.8, 4) is 0 Å². The molecule has 1 aliphatic carbocycles. The third-order valence-corrected chi connectivity index (χ3v) is 5.08. The van der Waals surface area contributed by atoms with Crippen molar-refractivity contribution in [2.45, 2.75) is 70.9 Å². The van der Waals surface area contributed by atoms with Crippen molar-refractivity contribution in [2.24, 2.45) is 0 Å². The second-order valence-electron chi connectivity index (χ2n) is 5.66. The topological polar surface area (TPSA) is 34.1 Å². The Morgan fingerprint density at radius 1 is 1.25 bits per heavy atom. The first-order chi connectivity index (χ1) is 9.80. The van der Waals surface area contributed by atoms with Gasteiger partial charge in [0.2, 0.25) is 0 Å². The van der Waals surface area contributed by atoms with Crippen LogP contribution in [0.4, 0.5) is 0 Å². The molecule has 0 aliphatic heterocycles. The molecule has 1 aromatic rings. The van der Waals surface area contributed by atoms with Crippen molar-refractivity contribution < 1.29 is 4.74 Å². The van der Waals surface area contributed by atoms with Gasteiger partial charge < -0.3 is 10.1 Å². The van der Waals surface area contributed by atoms with Gasteiger partial charge >= 0.3 is 0 Å². The summed E-state index contributed by atoms with van der Waals surface area (Å²) in [5, 5.41) is 6.83. The maximum Gasteiger partial charge on any atom is 0.125 e. The lowest BCUT2D eigenvalue weighted by Gasteiger charge is -2.30. The second kappa shape index (κ2) is 8.11. The van der Waals surface area contributed by atoms with Crippen LogP contribution in [0.15, 0.2) is 5.38 Å². The molecule has 0 atom stereocenters. The maximum atomic E-state index is 6.20. The molecule has 2 rings (SSSR count). The van der Waals surface area contributed by atoms with Gasteiger partial charge in [0.1, 0.15) is 10.6 Å². The summed E-state index contributed by atoms with van der Waals surface area (Å²) in [4.78, 5) is 4.87. The van der Waals surface area contributed by atoms with Crippen LogP contribution in [-0.4, -0.2) is 18.1 Å². The normalized spacial score (nSPS) is 18.9. The Morgan fingerprint density at radius 3 is 2.65 bits per heavy atom. The molecule has 1 heterocycles. The number of aromatic nitrogens is 1. The molecule has 4 heteroatoms. The third kappa shape index (κ3) is 4.03. The minimum absolute atomic E-state index is 0.0983. The summed E-state index contributed by atoms with van der Waals surface area (Å²) in [5.74, 6) is 0. The fraction of sp³-hybridized carbons (Fsp3) is 0.812. The van der Waals surface area contributed by atoms with E-state index in [9.17, 15) is 0 Å². The molecule has 0 unspecified atom stereocenters. The number of hydrogen-bond acceptors (Lipinski definition) is 4. The summed E-state index contributed by atoms with van der Waals surface area (Å²) in [6.45, 7) is 7.01. The van der Waals surface area contributed by atoms with E-state index in [2.05, 4.69) is 24.5 Å². The van der Waals surface area contributed by atoms with E-state index in [1.165, 1.54) is 42.8 Å². The second-order valence-corrected chi connectivity index (χ2v) is 6.52. The summed E-state index contributed by atoms with van der Waals surface area (Å²) >= 11 is 1.79. The van der Waals surface area contributed by atoms with Crippen LogP contribution in [-0.2, 0) is 16.9 Å². The minimum Gasteiger partial charge on any atom is -0.368 e. The highest BCUT2D eigenvalue weighted by atomic mass is 32.1. The molecular formula is C16H28N2OS. The molecule has 0 saturated heterocycles. The number of rotatable bonds is 7. The molecule has 3 nitrogen and oxygen atoms in total. The smallest absolute Gasteiger partial charge is 0.125 e. The number of hydrogen-bond donors (Lipinski definition) is 1. The van der Waals surface area contributed by atoms with Gasteiger partial charge in [-0.1, -0.05) is 32.6 Å². The molecule has 0 bridgehead atoms. The summed E-state index contributed by atoms with van der Waals surface area (Å²) in [6, 6.07) is 0. The summed E-state index contributed by atoms with van der Waals surface area (Å²) < 4.78 is 6.20. The van der Waals surface area contributed by atoms with Gasteiger partial charge in [-0.15, -0.1) is 11.3 Å². The summed E-state index contributed by atoms with van der Waals surface area (Å²) in [7, 11) is 0. The molecule has 0 spiro atoms. The van der Waals surface area contributed by atoms with Gasteiger partial charge in [0.25, 0.3) is 0 Å². The highest BCUT2D eigenvalue weighted by molar-refractivity contribution is 7.09. The van der Waals surface area contributed by atoms with Gasteiger partial charge in [-0.3, -0.25) is 0 Å². The van der Waals surface area contributed by atoms with E-state index in [0.717, 1.165) is 32.5 Å². The molecule has 1 saturated carbocycles. The molecular weight excluding hydrogens is 268 g/mol. The van der Waals surface area contributed by atoms with E-state index in [1.54, 1.807) is 11.3 Å². The Bertz CT molecular complexity index is 384. The van der Waals surface area contributed by atoms with E-state index < -0.39 is 0 Å². The van der Waals surface area contributed by atoms with Crippen molar-refractivity contribution >= 4 is 11.3 Å². The van der Waals surface area contributed by atoms with Crippen molar-refractivity contribution in [2.75, 3.05) is 13.2 Å². The third-order valence-electron chi connectivity index (χ3n) is 4.01. The Labute approximate surface area is 127 Å². The van der Waals surface area contributed by atoms with Gasteiger partial charge in [-0.05, 0) is 32.7 Å². The van der Waals surface area contributed by atoms with Gasteiger partial charge in [0.05, 0.1) is 5.69 Å². The molecule has 1 N–H and O–H groups in total. The first-order valence-corrected chi connectivity index (χ1v) is 8.98. The molecule has 1 fully saturated rings. The average molecular weight is 296 g/mol. The fourth-order valence-corrected chi connectivity index (χ4v) is 4.02. The highest BCUT2D eigenvalue weighted by Gasteiger charge is 2.36. The quantitative estimate of drug-likeness (QED) is 0.604. The molecule has 0 aromatic carbocycles. The van der Waals surface area contributed by atoms with Crippen LogP contribution in [0, 0.1) is 0 Å². The lowest BCUT2D eigenvalue weighted by molar-refractivity contribution is -0.0560. The van der Waals surface area contributed by atoms with Crippen molar-refractivity contribution in [3.05, 3.63) is 16.1 Å². The van der Waals surface area contributed by atoms with Crippen LogP contribution in [0.25, 0.3) is 0 Å². The molecule has 0 amide bonds. The van der Waals surface area contributed by atoms with Crippen molar-refractivity contribution in [3.63, 3.8) is 0 Å². The monoisotopic (exact) mass is 296 g/mol. The van der Waals surface area contributed by atoms with Crippen molar-refractivity contribution in [1.29, 1.82) is 0 Å². The SMILES string of the molecule is CCCNCc1csc(C2(OCC)CCCCCC2)n1. The lowest BCUT2D eigenvalue weighted by atomic mass is 9.95. The van der Waals surface area contributed by atoms with Crippen LogP contribution in [0.5, 0.6) is 0 Å². The fourth-order valence-electron chi connectivity index (χ4n) is 2.99. The van der Waals surface area contributed by atoms with Crippen LogP contribution in [0.2, 0.25) is 0 Å². The largest absolute Gasteiger partial charge is 0.368 e. The molecule has 1 aromatic heterocycles. The van der Waals surface area contributed by atoms with Crippen LogP contribution < -0.4 is 5.32 Å². The van der Waals surface area contributed by atoms with Crippen molar-refractivity contribution in [1.82, 2.24) is 10.3 Å². The predicted octanol–water partition coefficient (Wildman–Crippen LogP) is 4.23. The van der Waals surface area contributed by atoms with E-state index in [0.29, 0.717) is 0 Å². The first-order valence-electron chi connectivity index (χ1n) is 8.10. The Balaban J connectivity index is 2.08. The van der Waals surface area contributed by atoms with E-state index in [4.69, 9.17) is 9.72 Å². The Hall–Kier alpha value is -0.450. The van der Waals surface area contributed by atoms with Gasteiger partial charge in [0.15, 0.2) is 0 Å². The number of nitrogens with zero attached hydrogens (tertiary/aromatic N) is 1. The molecule has 0 radical (unpaired) electrons. The Morgan fingerprint density at radius 2 is 2.00 bits per heavy atom. The molecule has 114 valence electrons. The minimum atomic E-state index is -0.0983. The highest BCUT2D eigenvalue weighted by Crippen LogP contribution is 2.40. The van der Waals surface area contributed by atoms with Crippen LogP contribution in [0.3, 0.4) is 0 Å². The van der Waals surface area contributed by atoms with E-state index in [1.807, 2.05) is 0 Å². The Kier molecular flexibility index (Phi) is 6.46. The predicted molar refractivity (Wildman–Crippen MR) is 85.1 cm³/mol. The zero-order valence-electron chi connectivity index (χ0n) is 12.9. The maximum absolute atomic E-state index is 6.20. The lowest BCUT2D eigenvalue weighted by Crippen LogP contribution is -2.29. The van der Waals surface area contributed by atoms with Gasteiger partial charge in [-0.2, -0.15) is 0 Å². The van der Waals surface area contributed by atoms with Gasteiger partial charge in [0, 0.05) is 18.5 Å². The zero-order valence-corrected chi connectivity index (χ0v) is 13.7. The number of ether oxygens (including phenoxy) is 1. The van der Waals surface area contributed by atoms with E-state index in [-0.39, 0.29) is 5.60 Å². The first kappa shape index (κ1) is 15.9. The standard InChI is InChI=1S/C16H28N2OS/c1-3-11-17-12-14-13-20-15(18-14)16(19-4-2)9-7-5-6-8-10-16/h13,17H,3-12H2,1-2H3. The summed E-state index contributed by atoms with van der Waals surface area (Å²) in [6.07, 6.45) is 8.65. The van der Waals surface area contributed by atoms with Gasteiger partial charge in [-0.25, -0.2) is 4.98 Å². The van der Waals surface area contributed by atoms with E-state index >= 15 is 0 Å². The number of nitrogens with one attached hydrogen (secondary N) is 1. The zero-order chi connectivity index (χ0) is 14.3.